The number of carbonyl (C=O) groups excluding carboxylic acids is 2. The number of amides is 2. The van der Waals surface area contributed by atoms with E-state index in [2.05, 4.69) is 15.5 Å². The molecule has 1 aliphatic heterocycles. The van der Waals surface area contributed by atoms with Crippen LogP contribution in [-0.4, -0.2) is 59.7 Å². The van der Waals surface area contributed by atoms with Gasteiger partial charge in [-0.1, -0.05) is 30.3 Å². The second-order valence-electron chi connectivity index (χ2n) is 8.06. The van der Waals surface area contributed by atoms with Crippen molar-refractivity contribution in [3.63, 3.8) is 0 Å². The summed E-state index contributed by atoms with van der Waals surface area (Å²) in [6.07, 6.45) is -4.46. The predicted molar refractivity (Wildman–Crippen MR) is 127 cm³/mol. The summed E-state index contributed by atoms with van der Waals surface area (Å²) in [4.78, 5) is 28.1. The maximum Gasteiger partial charge on any atom is 0.417 e. The van der Waals surface area contributed by atoms with E-state index in [4.69, 9.17) is 4.74 Å². The molecule has 2 aromatic carbocycles. The molecule has 2 heterocycles. The minimum atomic E-state index is -4.60. The lowest BCUT2D eigenvalue weighted by atomic mass is 10.1. The van der Waals surface area contributed by atoms with Gasteiger partial charge in [0.05, 0.1) is 24.2 Å². The van der Waals surface area contributed by atoms with Crippen LogP contribution in [0.15, 0.2) is 66.7 Å². The second-order valence-corrected chi connectivity index (χ2v) is 8.06. The summed E-state index contributed by atoms with van der Waals surface area (Å²) in [5.74, 6) is 0.604. The number of rotatable bonds is 7. The Bertz CT molecular complexity index is 1180. The maximum atomic E-state index is 13.3. The molecular formula is C25H24F3N5O3. The van der Waals surface area contributed by atoms with Crippen molar-refractivity contribution in [3.8, 4) is 5.75 Å². The van der Waals surface area contributed by atoms with Crippen LogP contribution >= 0.6 is 0 Å². The van der Waals surface area contributed by atoms with E-state index < -0.39 is 17.6 Å². The molecule has 0 saturated carbocycles. The third-order valence-electron chi connectivity index (χ3n) is 5.61. The quantitative estimate of drug-likeness (QED) is 0.531. The summed E-state index contributed by atoms with van der Waals surface area (Å²) in [6.45, 7) is 1.48. The van der Waals surface area contributed by atoms with E-state index in [1.165, 1.54) is 23.1 Å². The van der Waals surface area contributed by atoms with Crippen molar-refractivity contribution in [2.24, 2.45) is 0 Å². The summed E-state index contributed by atoms with van der Waals surface area (Å²) in [5.41, 5.74) is -1.29. The number of para-hydroxylation sites is 1. The summed E-state index contributed by atoms with van der Waals surface area (Å²) >= 11 is 0. The van der Waals surface area contributed by atoms with E-state index in [1.807, 2.05) is 23.1 Å². The van der Waals surface area contributed by atoms with Crippen LogP contribution in [0.25, 0.3) is 0 Å². The smallest absolute Gasteiger partial charge is 0.417 e. The van der Waals surface area contributed by atoms with Crippen LogP contribution in [0.3, 0.4) is 0 Å². The molecule has 2 amide bonds. The van der Waals surface area contributed by atoms with Gasteiger partial charge < -0.3 is 19.9 Å². The van der Waals surface area contributed by atoms with Gasteiger partial charge in [0.2, 0.25) is 5.91 Å². The Morgan fingerprint density at radius 1 is 0.889 bits per heavy atom. The van der Waals surface area contributed by atoms with E-state index >= 15 is 0 Å². The molecule has 0 bridgehead atoms. The highest BCUT2D eigenvalue weighted by molar-refractivity contribution is 5.96. The average Bonchev–Trinajstić information content (AvgIpc) is 2.89. The van der Waals surface area contributed by atoms with Crippen LogP contribution in [0.1, 0.15) is 22.3 Å². The van der Waals surface area contributed by atoms with Gasteiger partial charge in [0, 0.05) is 26.2 Å². The minimum absolute atomic E-state index is 0.145. The van der Waals surface area contributed by atoms with Gasteiger partial charge >= 0.3 is 6.18 Å². The van der Waals surface area contributed by atoms with Gasteiger partial charge in [-0.15, -0.1) is 10.2 Å². The number of hydrogen-bond donors (Lipinski definition) is 1. The predicted octanol–water partition coefficient (Wildman–Crippen LogP) is 3.87. The molecule has 36 heavy (non-hydrogen) atoms. The third-order valence-corrected chi connectivity index (χ3v) is 5.61. The van der Waals surface area contributed by atoms with Crippen molar-refractivity contribution >= 4 is 23.5 Å². The van der Waals surface area contributed by atoms with Crippen molar-refractivity contribution in [1.29, 1.82) is 0 Å². The molecule has 0 radical (unpaired) electrons. The monoisotopic (exact) mass is 499 g/mol. The summed E-state index contributed by atoms with van der Waals surface area (Å²) in [5, 5.41) is 10.8. The first-order valence-corrected chi connectivity index (χ1v) is 11.3. The number of benzene rings is 2. The molecule has 1 aromatic heterocycles. The molecule has 0 spiro atoms. The van der Waals surface area contributed by atoms with Crippen molar-refractivity contribution in [1.82, 2.24) is 15.1 Å². The lowest BCUT2D eigenvalue weighted by molar-refractivity contribution is -0.138. The highest BCUT2D eigenvalue weighted by Crippen LogP contribution is 2.32. The Labute approximate surface area is 205 Å². The van der Waals surface area contributed by atoms with Crippen molar-refractivity contribution in [2.75, 3.05) is 43.0 Å². The van der Waals surface area contributed by atoms with Gasteiger partial charge in [0.25, 0.3) is 5.91 Å². The molecule has 0 atom stereocenters. The molecule has 1 saturated heterocycles. The zero-order valence-corrected chi connectivity index (χ0v) is 19.2. The molecule has 1 aliphatic rings. The third kappa shape index (κ3) is 6.29. The minimum Gasteiger partial charge on any atom is -0.493 e. The zero-order chi connectivity index (χ0) is 25.5. The fourth-order valence-electron chi connectivity index (χ4n) is 3.77. The van der Waals surface area contributed by atoms with E-state index in [0.717, 1.165) is 6.07 Å². The number of hydrogen-bond acceptors (Lipinski definition) is 6. The summed E-state index contributed by atoms with van der Waals surface area (Å²) in [7, 11) is 0. The topological polar surface area (TPSA) is 87.7 Å². The Kier molecular flexibility index (Phi) is 7.67. The number of halogens is 3. The van der Waals surface area contributed by atoms with Gasteiger partial charge in [-0.05, 0) is 36.4 Å². The highest BCUT2D eigenvalue weighted by atomic mass is 19.4. The molecule has 3 aromatic rings. The first kappa shape index (κ1) is 25.0. The normalized spacial score (nSPS) is 13.9. The maximum absolute atomic E-state index is 13.3. The fourth-order valence-corrected chi connectivity index (χ4v) is 3.77. The van der Waals surface area contributed by atoms with E-state index in [-0.39, 0.29) is 37.6 Å². The van der Waals surface area contributed by atoms with Crippen LogP contribution in [0.2, 0.25) is 0 Å². The number of nitrogens with zero attached hydrogens (tertiary/aromatic N) is 4. The number of aromatic nitrogens is 2. The lowest BCUT2D eigenvalue weighted by Gasteiger charge is -2.35. The standard InChI is InChI=1S/C25H24F3N5O3/c26-25(27,28)20-9-5-4-8-19(20)24(35)33-15-13-32(14-16-33)22-11-10-21(30-31-22)29-23(34)12-17-36-18-6-2-1-3-7-18/h1-11H,12-17H2,(H,29,30,34). The van der Waals surface area contributed by atoms with E-state index in [9.17, 15) is 22.8 Å². The molecule has 8 nitrogen and oxygen atoms in total. The van der Waals surface area contributed by atoms with Gasteiger partial charge in [0.1, 0.15) is 5.75 Å². The molecule has 0 unspecified atom stereocenters. The van der Waals surface area contributed by atoms with Crippen LogP contribution in [-0.2, 0) is 11.0 Å². The van der Waals surface area contributed by atoms with Crippen LogP contribution in [0, 0.1) is 0 Å². The molecule has 4 rings (SSSR count). The molecular weight excluding hydrogens is 475 g/mol. The second kappa shape index (κ2) is 11.1. The molecule has 188 valence electrons. The summed E-state index contributed by atoms with van der Waals surface area (Å²) in [6, 6.07) is 17.3. The van der Waals surface area contributed by atoms with Crippen LogP contribution in [0.5, 0.6) is 5.75 Å². The van der Waals surface area contributed by atoms with Gasteiger partial charge in [0.15, 0.2) is 11.6 Å². The number of nitrogens with one attached hydrogen (secondary N) is 1. The van der Waals surface area contributed by atoms with Gasteiger partial charge in [-0.3, -0.25) is 9.59 Å². The first-order chi connectivity index (χ1) is 17.3. The van der Waals surface area contributed by atoms with Crippen LogP contribution < -0.4 is 15.0 Å². The molecule has 11 heteroatoms. The van der Waals surface area contributed by atoms with E-state index in [1.54, 1.807) is 24.3 Å². The zero-order valence-electron chi connectivity index (χ0n) is 19.2. The fraction of sp³-hybridized carbons (Fsp3) is 0.280. The van der Waals surface area contributed by atoms with Gasteiger partial charge in [-0.2, -0.15) is 13.2 Å². The Morgan fingerprint density at radius 2 is 1.58 bits per heavy atom. The van der Waals surface area contributed by atoms with Gasteiger partial charge in [-0.25, -0.2) is 0 Å². The number of ether oxygens (including phenoxy) is 1. The Balaban J connectivity index is 1.26. The molecule has 1 N–H and O–H groups in total. The molecule has 0 aliphatic carbocycles. The number of anilines is 2. The largest absolute Gasteiger partial charge is 0.493 e. The Morgan fingerprint density at radius 3 is 2.25 bits per heavy atom. The number of piperazine rings is 1. The SMILES string of the molecule is O=C(CCOc1ccccc1)Nc1ccc(N2CCN(C(=O)c3ccccc3C(F)(F)F)CC2)nn1. The average molecular weight is 499 g/mol. The Hall–Kier alpha value is -4.15. The van der Waals surface area contributed by atoms with Crippen molar-refractivity contribution in [2.45, 2.75) is 12.6 Å². The summed E-state index contributed by atoms with van der Waals surface area (Å²) < 4.78 is 45.3. The first-order valence-electron chi connectivity index (χ1n) is 11.3. The van der Waals surface area contributed by atoms with Crippen molar-refractivity contribution < 1.29 is 27.5 Å². The molecule has 1 fully saturated rings. The number of carbonyl (C=O) groups is 2. The number of alkyl halides is 3. The van der Waals surface area contributed by atoms with Crippen LogP contribution in [0.4, 0.5) is 24.8 Å². The van der Waals surface area contributed by atoms with E-state index in [0.29, 0.717) is 30.5 Å². The highest BCUT2D eigenvalue weighted by Gasteiger charge is 2.36. The lowest BCUT2D eigenvalue weighted by Crippen LogP contribution is -2.49. The van der Waals surface area contributed by atoms with Crippen molar-refractivity contribution in [3.05, 3.63) is 77.9 Å².